The number of hydrogen-bond acceptors (Lipinski definition) is 3. The number of carbonyl (C=O) groups excluding carboxylic acids is 1. The topological polar surface area (TPSA) is 53.9 Å². The molecule has 0 saturated heterocycles. The first-order chi connectivity index (χ1) is 10.1. The van der Waals surface area contributed by atoms with Gasteiger partial charge in [-0.15, -0.1) is 0 Å². The number of amidine groups is 1. The highest BCUT2D eigenvalue weighted by atomic mass is 32.1. The van der Waals surface area contributed by atoms with E-state index < -0.39 is 6.09 Å². The SMILES string of the molecule is CCN(CC)C(Cc1ccccc1)=NC(=S)NC(=O)OC. The molecule has 0 aromatic heterocycles. The average Bonchev–Trinajstić information content (AvgIpc) is 2.49. The van der Waals surface area contributed by atoms with Crippen LogP contribution in [0.2, 0.25) is 0 Å². The van der Waals surface area contributed by atoms with Crippen LogP contribution in [0.3, 0.4) is 0 Å². The maximum atomic E-state index is 11.2. The van der Waals surface area contributed by atoms with Crippen molar-refractivity contribution < 1.29 is 9.53 Å². The Bertz CT molecular complexity index is 499. The molecule has 0 bridgehead atoms. The predicted molar refractivity (Wildman–Crippen MR) is 88.6 cm³/mol. The van der Waals surface area contributed by atoms with Gasteiger partial charge in [0.1, 0.15) is 5.84 Å². The number of rotatable bonds is 4. The molecule has 1 rings (SSSR count). The van der Waals surface area contributed by atoms with E-state index in [4.69, 9.17) is 12.2 Å². The second kappa shape index (κ2) is 9.07. The van der Waals surface area contributed by atoms with Crippen LogP contribution in [0.4, 0.5) is 4.79 Å². The zero-order valence-electron chi connectivity index (χ0n) is 12.6. The second-order valence-corrected chi connectivity index (χ2v) is 4.67. The van der Waals surface area contributed by atoms with Gasteiger partial charge < -0.3 is 9.64 Å². The quantitative estimate of drug-likeness (QED) is 0.528. The summed E-state index contributed by atoms with van der Waals surface area (Å²) in [5.41, 5.74) is 1.14. The number of nitrogens with one attached hydrogen (secondary N) is 1. The van der Waals surface area contributed by atoms with Gasteiger partial charge in [0, 0.05) is 19.5 Å². The number of likely N-dealkylation sites (N-methyl/N-ethyl adjacent to an activating group) is 1. The minimum Gasteiger partial charge on any atom is -0.453 e. The Morgan fingerprint density at radius 1 is 1.29 bits per heavy atom. The Morgan fingerprint density at radius 2 is 1.90 bits per heavy atom. The van der Waals surface area contributed by atoms with E-state index in [0.717, 1.165) is 24.5 Å². The number of amides is 1. The molecular formula is C15H21N3O2S. The van der Waals surface area contributed by atoms with Gasteiger partial charge in [0.05, 0.1) is 7.11 Å². The summed E-state index contributed by atoms with van der Waals surface area (Å²) in [6, 6.07) is 10.0. The monoisotopic (exact) mass is 307 g/mol. The summed E-state index contributed by atoms with van der Waals surface area (Å²) in [5.74, 6) is 0.826. The van der Waals surface area contributed by atoms with Crippen molar-refractivity contribution in [2.24, 2.45) is 4.99 Å². The molecule has 114 valence electrons. The molecule has 0 radical (unpaired) electrons. The Balaban J connectivity index is 2.91. The number of ether oxygens (including phenoxy) is 1. The number of alkyl carbamates (subject to hydrolysis) is 1. The Kier molecular flexibility index (Phi) is 7.39. The highest BCUT2D eigenvalue weighted by Gasteiger charge is 2.11. The molecule has 0 spiro atoms. The van der Waals surface area contributed by atoms with Crippen LogP contribution in [0, 0.1) is 0 Å². The smallest absolute Gasteiger partial charge is 0.413 e. The number of nitrogens with zero attached hydrogens (tertiary/aromatic N) is 2. The number of thiocarbonyl (C=S) groups is 1. The molecule has 1 N–H and O–H groups in total. The predicted octanol–water partition coefficient (Wildman–Crippen LogP) is 2.61. The van der Waals surface area contributed by atoms with Crippen molar-refractivity contribution in [3.63, 3.8) is 0 Å². The Labute approximate surface area is 131 Å². The van der Waals surface area contributed by atoms with Crippen molar-refractivity contribution >= 4 is 29.3 Å². The summed E-state index contributed by atoms with van der Waals surface area (Å²) in [6.07, 6.45) is 0.0493. The summed E-state index contributed by atoms with van der Waals surface area (Å²) in [5, 5.41) is 2.52. The molecule has 1 aromatic carbocycles. The van der Waals surface area contributed by atoms with E-state index in [2.05, 4.69) is 33.8 Å². The highest BCUT2D eigenvalue weighted by molar-refractivity contribution is 7.80. The Morgan fingerprint density at radius 3 is 2.43 bits per heavy atom. The van der Waals surface area contributed by atoms with E-state index in [0.29, 0.717) is 6.42 Å². The first-order valence-electron chi connectivity index (χ1n) is 6.86. The van der Waals surface area contributed by atoms with Crippen LogP contribution in [0.25, 0.3) is 0 Å². The van der Waals surface area contributed by atoms with E-state index in [9.17, 15) is 4.79 Å². The normalized spacial score (nSPS) is 10.9. The lowest BCUT2D eigenvalue weighted by Crippen LogP contribution is -2.35. The number of carbonyl (C=O) groups is 1. The largest absolute Gasteiger partial charge is 0.453 e. The van der Waals surface area contributed by atoms with Gasteiger partial charge in [-0.05, 0) is 31.6 Å². The van der Waals surface area contributed by atoms with Gasteiger partial charge >= 0.3 is 6.09 Å². The van der Waals surface area contributed by atoms with Crippen LogP contribution >= 0.6 is 12.2 Å². The van der Waals surface area contributed by atoms with Gasteiger partial charge in [-0.2, -0.15) is 0 Å². The first-order valence-corrected chi connectivity index (χ1v) is 7.26. The lowest BCUT2D eigenvalue weighted by molar-refractivity contribution is 0.177. The molecular weight excluding hydrogens is 286 g/mol. The average molecular weight is 307 g/mol. The van der Waals surface area contributed by atoms with E-state index in [-0.39, 0.29) is 5.11 Å². The molecule has 21 heavy (non-hydrogen) atoms. The van der Waals surface area contributed by atoms with Crippen LogP contribution in [-0.2, 0) is 11.2 Å². The third kappa shape index (κ3) is 5.91. The van der Waals surface area contributed by atoms with Crippen molar-refractivity contribution in [2.75, 3.05) is 20.2 Å². The van der Waals surface area contributed by atoms with Gasteiger partial charge in [0.15, 0.2) is 0 Å². The number of benzene rings is 1. The molecule has 0 fully saturated rings. The van der Waals surface area contributed by atoms with Gasteiger partial charge in [0.25, 0.3) is 0 Å². The molecule has 0 saturated carbocycles. The molecule has 0 unspecified atom stereocenters. The molecule has 5 nitrogen and oxygen atoms in total. The van der Waals surface area contributed by atoms with E-state index >= 15 is 0 Å². The van der Waals surface area contributed by atoms with Crippen LogP contribution in [0.15, 0.2) is 35.3 Å². The minimum atomic E-state index is -0.609. The fourth-order valence-corrected chi connectivity index (χ4v) is 2.06. The molecule has 0 aliphatic heterocycles. The van der Waals surface area contributed by atoms with Crippen molar-refractivity contribution in [1.29, 1.82) is 0 Å². The van der Waals surface area contributed by atoms with Crippen LogP contribution < -0.4 is 5.32 Å². The zero-order valence-corrected chi connectivity index (χ0v) is 13.4. The summed E-state index contributed by atoms with van der Waals surface area (Å²) in [4.78, 5) is 17.6. The van der Waals surface area contributed by atoms with Gasteiger partial charge in [0.2, 0.25) is 5.11 Å². The number of hydrogen-bond donors (Lipinski definition) is 1. The Hall–Kier alpha value is -1.95. The summed E-state index contributed by atoms with van der Waals surface area (Å²) in [6.45, 7) is 5.76. The van der Waals surface area contributed by atoms with Crippen molar-refractivity contribution in [3.05, 3.63) is 35.9 Å². The van der Waals surface area contributed by atoms with E-state index in [1.165, 1.54) is 7.11 Å². The fraction of sp³-hybridized carbons (Fsp3) is 0.400. The molecule has 0 aliphatic rings. The first kappa shape index (κ1) is 17.1. The third-order valence-electron chi connectivity index (χ3n) is 2.96. The summed E-state index contributed by atoms with van der Waals surface area (Å²) < 4.78 is 4.51. The van der Waals surface area contributed by atoms with Crippen LogP contribution in [0.5, 0.6) is 0 Å². The third-order valence-corrected chi connectivity index (χ3v) is 3.15. The molecule has 0 heterocycles. The maximum Gasteiger partial charge on any atom is 0.413 e. The van der Waals surface area contributed by atoms with Crippen LogP contribution in [0.1, 0.15) is 19.4 Å². The van der Waals surface area contributed by atoms with Crippen molar-refractivity contribution in [2.45, 2.75) is 20.3 Å². The zero-order chi connectivity index (χ0) is 15.7. The summed E-state index contributed by atoms with van der Waals surface area (Å²) >= 11 is 5.08. The number of methoxy groups -OCH3 is 1. The molecule has 6 heteroatoms. The van der Waals surface area contributed by atoms with E-state index in [1.54, 1.807) is 0 Å². The molecule has 0 aliphatic carbocycles. The molecule has 1 amide bonds. The molecule has 1 aromatic rings. The van der Waals surface area contributed by atoms with Gasteiger partial charge in [-0.1, -0.05) is 30.3 Å². The lowest BCUT2D eigenvalue weighted by Gasteiger charge is -2.23. The van der Waals surface area contributed by atoms with Crippen molar-refractivity contribution in [3.8, 4) is 0 Å². The van der Waals surface area contributed by atoms with Crippen molar-refractivity contribution in [1.82, 2.24) is 10.2 Å². The van der Waals surface area contributed by atoms with E-state index in [1.807, 2.05) is 30.3 Å². The van der Waals surface area contributed by atoms with Gasteiger partial charge in [-0.3, -0.25) is 5.32 Å². The number of aliphatic imine (C=N–C) groups is 1. The van der Waals surface area contributed by atoms with Crippen LogP contribution in [-0.4, -0.2) is 42.1 Å². The lowest BCUT2D eigenvalue weighted by atomic mass is 10.1. The standard InChI is InChI=1S/C15H21N3O2S/c1-4-18(5-2)13(11-12-9-7-6-8-10-12)16-14(21)17-15(19)20-3/h6-10H,4-5,11H2,1-3H3,(H,17,19,21). The maximum absolute atomic E-state index is 11.2. The highest BCUT2D eigenvalue weighted by Crippen LogP contribution is 2.05. The second-order valence-electron chi connectivity index (χ2n) is 4.28. The summed E-state index contributed by atoms with van der Waals surface area (Å²) in [7, 11) is 1.29. The molecule has 0 atom stereocenters. The van der Waals surface area contributed by atoms with Gasteiger partial charge in [-0.25, -0.2) is 9.79 Å². The minimum absolute atomic E-state index is 0.111. The fourth-order valence-electron chi connectivity index (χ4n) is 1.87.